The molecule has 1 fully saturated rings. The molecule has 2 aromatic heterocycles. The van der Waals surface area contributed by atoms with Crippen molar-refractivity contribution in [3.05, 3.63) is 58.6 Å². The number of hydrogen-bond acceptors (Lipinski definition) is 6. The van der Waals surface area contributed by atoms with Crippen LogP contribution in [0.4, 0.5) is 11.6 Å². The number of aromatic nitrogens is 4. The van der Waals surface area contributed by atoms with E-state index in [-0.39, 0.29) is 10.6 Å². The molecule has 0 spiro atoms. The van der Waals surface area contributed by atoms with Gasteiger partial charge in [0, 0.05) is 24.5 Å². The van der Waals surface area contributed by atoms with Gasteiger partial charge in [0.1, 0.15) is 0 Å². The third-order valence-corrected chi connectivity index (χ3v) is 5.64. The van der Waals surface area contributed by atoms with Crippen LogP contribution in [0.15, 0.2) is 48.5 Å². The first-order valence-corrected chi connectivity index (χ1v) is 9.76. The fourth-order valence-corrected chi connectivity index (χ4v) is 3.98. The molecule has 0 unspecified atom stereocenters. The minimum atomic E-state index is -0.382. The molecule has 8 nitrogen and oxygen atoms in total. The second kappa shape index (κ2) is 6.80. The third kappa shape index (κ3) is 2.88. The van der Waals surface area contributed by atoms with Gasteiger partial charge in [-0.2, -0.15) is 0 Å². The van der Waals surface area contributed by atoms with E-state index >= 15 is 0 Å². The van der Waals surface area contributed by atoms with E-state index < -0.39 is 0 Å². The van der Waals surface area contributed by atoms with Crippen molar-refractivity contribution < 1.29 is 4.92 Å². The van der Waals surface area contributed by atoms with Crippen molar-refractivity contribution in [3.63, 3.8) is 0 Å². The van der Waals surface area contributed by atoms with Gasteiger partial charge in [-0.25, -0.2) is 9.38 Å². The molecule has 146 valence electrons. The van der Waals surface area contributed by atoms with Crippen molar-refractivity contribution in [3.8, 4) is 11.4 Å². The van der Waals surface area contributed by atoms with Crippen molar-refractivity contribution in [2.24, 2.45) is 5.92 Å². The number of rotatable bonds is 3. The molecule has 1 saturated heterocycles. The lowest BCUT2D eigenvalue weighted by Gasteiger charge is -2.31. The number of hydrogen-bond donors (Lipinski definition) is 0. The van der Waals surface area contributed by atoms with Gasteiger partial charge in [0.05, 0.1) is 16.0 Å². The molecule has 1 aliphatic rings. The van der Waals surface area contributed by atoms with Gasteiger partial charge in [-0.3, -0.25) is 10.1 Å². The van der Waals surface area contributed by atoms with Crippen molar-refractivity contribution in [2.45, 2.75) is 19.8 Å². The van der Waals surface area contributed by atoms with E-state index in [4.69, 9.17) is 4.98 Å². The topological polar surface area (TPSA) is 89.5 Å². The molecule has 5 rings (SSSR count). The Balaban J connectivity index is 1.81. The minimum Gasteiger partial charge on any atom is -0.342 e. The Labute approximate surface area is 167 Å². The molecule has 8 heteroatoms. The van der Waals surface area contributed by atoms with Gasteiger partial charge in [-0.1, -0.05) is 31.2 Å². The van der Waals surface area contributed by atoms with Crippen LogP contribution < -0.4 is 4.90 Å². The summed E-state index contributed by atoms with van der Waals surface area (Å²) in [5.74, 6) is 1.86. The molecular weight excluding hydrogens is 368 g/mol. The molecule has 0 radical (unpaired) electrons. The maximum Gasteiger partial charge on any atom is 0.280 e. The molecule has 2 aromatic carbocycles. The van der Waals surface area contributed by atoms with Gasteiger partial charge in [-0.15, -0.1) is 10.2 Å². The number of nitro benzene ring substituents is 1. The lowest BCUT2D eigenvalue weighted by molar-refractivity contribution is -0.384. The van der Waals surface area contributed by atoms with Crippen molar-refractivity contribution >= 4 is 28.2 Å². The number of benzene rings is 2. The highest BCUT2D eigenvalue weighted by Gasteiger charge is 2.26. The first-order valence-electron chi connectivity index (χ1n) is 9.76. The van der Waals surface area contributed by atoms with Crippen LogP contribution in [0.25, 0.3) is 27.9 Å². The third-order valence-electron chi connectivity index (χ3n) is 5.64. The average molecular weight is 388 g/mol. The molecule has 0 saturated carbocycles. The standard InChI is InChI=1S/C21H20N6O2/c1-14-10-12-25(13-11-14)21-22-17-8-4-2-6-15(17)19-23-24-20(26(19)21)16-7-3-5-9-18(16)27(28)29/h2-9,14H,10-13H2,1H3. The Bertz CT molecular complexity index is 1230. The maximum absolute atomic E-state index is 11.6. The largest absolute Gasteiger partial charge is 0.342 e. The van der Waals surface area contributed by atoms with E-state index in [1.54, 1.807) is 18.2 Å². The number of anilines is 1. The summed E-state index contributed by atoms with van der Waals surface area (Å²) in [4.78, 5) is 18.4. The minimum absolute atomic E-state index is 0.00757. The van der Waals surface area contributed by atoms with Crippen LogP contribution >= 0.6 is 0 Å². The fourth-order valence-electron chi connectivity index (χ4n) is 3.98. The highest BCUT2D eigenvalue weighted by Crippen LogP contribution is 2.33. The summed E-state index contributed by atoms with van der Waals surface area (Å²) in [6.45, 7) is 4.03. The van der Waals surface area contributed by atoms with Crippen LogP contribution in [0.5, 0.6) is 0 Å². The maximum atomic E-state index is 11.6. The van der Waals surface area contributed by atoms with E-state index in [0.29, 0.717) is 23.0 Å². The van der Waals surface area contributed by atoms with Crippen LogP contribution in [0.3, 0.4) is 0 Å². The van der Waals surface area contributed by atoms with Crippen molar-refractivity contribution in [1.29, 1.82) is 0 Å². The molecule has 29 heavy (non-hydrogen) atoms. The normalized spacial score (nSPS) is 15.3. The van der Waals surface area contributed by atoms with E-state index in [1.807, 2.05) is 28.7 Å². The summed E-state index contributed by atoms with van der Waals surface area (Å²) in [5.41, 5.74) is 1.95. The second-order valence-electron chi connectivity index (χ2n) is 7.56. The molecule has 1 aliphatic heterocycles. The Morgan fingerprint density at radius 1 is 1.03 bits per heavy atom. The van der Waals surface area contributed by atoms with Gasteiger partial charge in [0.2, 0.25) is 5.95 Å². The fraction of sp³-hybridized carbons (Fsp3) is 0.286. The van der Waals surface area contributed by atoms with Gasteiger partial charge in [-0.05, 0) is 37.0 Å². The lowest BCUT2D eigenvalue weighted by Crippen LogP contribution is -2.34. The summed E-state index contributed by atoms with van der Waals surface area (Å²) >= 11 is 0. The predicted molar refractivity (Wildman–Crippen MR) is 111 cm³/mol. The SMILES string of the molecule is CC1CCN(c2nc3ccccc3c3nnc(-c4ccccc4[N+](=O)[O-])n23)CC1. The molecule has 0 atom stereocenters. The molecular formula is C21H20N6O2. The van der Waals surface area contributed by atoms with Crippen LogP contribution in [0.2, 0.25) is 0 Å². The quantitative estimate of drug-likeness (QED) is 0.388. The first kappa shape index (κ1) is 17.5. The van der Waals surface area contributed by atoms with E-state index in [0.717, 1.165) is 42.8 Å². The highest BCUT2D eigenvalue weighted by molar-refractivity contribution is 5.93. The summed E-state index contributed by atoms with van der Waals surface area (Å²) in [5, 5.41) is 21.3. The summed E-state index contributed by atoms with van der Waals surface area (Å²) in [7, 11) is 0. The van der Waals surface area contributed by atoms with E-state index in [1.165, 1.54) is 6.07 Å². The van der Waals surface area contributed by atoms with Crippen LogP contribution in [-0.4, -0.2) is 37.6 Å². The summed E-state index contributed by atoms with van der Waals surface area (Å²) < 4.78 is 1.88. The Morgan fingerprint density at radius 3 is 2.55 bits per heavy atom. The van der Waals surface area contributed by atoms with E-state index in [2.05, 4.69) is 22.0 Å². The molecule has 0 bridgehead atoms. The highest BCUT2D eigenvalue weighted by atomic mass is 16.6. The smallest absolute Gasteiger partial charge is 0.280 e. The lowest BCUT2D eigenvalue weighted by atomic mass is 9.99. The molecule has 0 N–H and O–H groups in total. The second-order valence-corrected chi connectivity index (χ2v) is 7.56. The molecule has 3 heterocycles. The van der Waals surface area contributed by atoms with Gasteiger partial charge in [0.25, 0.3) is 5.69 Å². The predicted octanol–water partition coefficient (Wildman–Crippen LogP) is 4.09. The zero-order chi connectivity index (χ0) is 20.0. The monoisotopic (exact) mass is 388 g/mol. The van der Waals surface area contributed by atoms with Crippen molar-refractivity contribution in [2.75, 3.05) is 18.0 Å². The van der Waals surface area contributed by atoms with E-state index in [9.17, 15) is 10.1 Å². The van der Waals surface area contributed by atoms with Crippen LogP contribution in [-0.2, 0) is 0 Å². The Morgan fingerprint density at radius 2 is 1.76 bits per heavy atom. The zero-order valence-electron chi connectivity index (χ0n) is 16.0. The van der Waals surface area contributed by atoms with Crippen molar-refractivity contribution in [1.82, 2.24) is 19.6 Å². The average Bonchev–Trinajstić information content (AvgIpc) is 3.19. The Hall–Kier alpha value is -3.55. The summed E-state index contributed by atoms with van der Waals surface area (Å²) in [6.07, 6.45) is 2.16. The number of piperidine rings is 1. The number of nitrogens with zero attached hydrogens (tertiary/aromatic N) is 6. The molecule has 4 aromatic rings. The van der Waals surface area contributed by atoms with Gasteiger partial charge >= 0.3 is 0 Å². The first-order chi connectivity index (χ1) is 14.1. The summed E-state index contributed by atoms with van der Waals surface area (Å²) in [6, 6.07) is 14.5. The number of nitro groups is 1. The molecule has 0 amide bonds. The number of fused-ring (bicyclic) bond motifs is 3. The van der Waals surface area contributed by atoms with Crippen LogP contribution in [0.1, 0.15) is 19.8 Å². The van der Waals surface area contributed by atoms with Crippen LogP contribution in [0, 0.1) is 16.0 Å². The van der Waals surface area contributed by atoms with Gasteiger partial charge in [0.15, 0.2) is 11.5 Å². The molecule has 0 aliphatic carbocycles. The number of para-hydroxylation sites is 2. The zero-order valence-corrected chi connectivity index (χ0v) is 16.0. The Kier molecular flexibility index (Phi) is 4.12. The van der Waals surface area contributed by atoms with Gasteiger partial charge < -0.3 is 4.90 Å².